The third-order valence-corrected chi connectivity index (χ3v) is 4.82. The summed E-state index contributed by atoms with van der Waals surface area (Å²) in [5, 5.41) is 8.20. The van der Waals surface area contributed by atoms with Crippen LogP contribution < -0.4 is 16.4 Å². The van der Waals surface area contributed by atoms with Crippen molar-refractivity contribution in [2.24, 2.45) is 5.73 Å². The molecule has 0 saturated carbocycles. The van der Waals surface area contributed by atoms with Crippen LogP contribution in [0.15, 0.2) is 23.6 Å². The van der Waals surface area contributed by atoms with Gasteiger partial charge >= 0.3 is 0 Å². The van der Waals surface area contributed by atoms with Crippen molar-refractivity contribution in [1.82, 2.24) is 4.98 Å². The van der Waals surface area contributed by atoms with E-state index in [1.165, 1.54) is 17.4 Å². The minimum absolute atomic E-state index is 0.131. The molecular weight excluding hydrogens is 343 g/mol. The molecule has 0 spiro atoms. The lowest BCUT2D eigenvalue weighted by atomic mass is 10.2. The Labute approximate surface area is 149 Å². The monoisotopic (exact) mass is 364 g/mol. The Morgan fingerprint density at radius 1 is 1.48 bits per heavy atom. The molecule has 3 rings (SSSR count). The molecule has 2 aromatic rings. The molecule has 1 fully saturated rings. The van der Waals surface area contributed by atoms with Crippen LogP contribution in [-0.4, -0.2) is 36.7 Å². The van der Waals surface area contributed by atoms with Crippen LogP contribution >= 0.6 is 11.3 Å². The molecule has 1 unspecified atom stereocenters. The van der Waals surface area contributed by atoms with Crippen molar-refractivity contribution in [3.05, 3.63) is 40.1 Å². The number of anilines is 2. The van der Waals surface area contributed by atoms with Crippen LogP contribution in [0, 0.1) is 5.82 Å². The number of carbonyl (C=O) groups is 1. The van der Waals surface area contributed by atoms with Gasteiger partial charge in [0.1, 0.15) is 11.5 Å². The summed E-state index contributed by atoms with van der Waals surface area (Å²) < 4.78 is 19.7. The van der Waals surface area contributed by atoms with E-state index in [1.807, 2.05) is 0 Å². The Kier molecular flexibility index (Phi) is 5.95. The second kappa shape index (κ2) is 8.37. The summed E-state index contributed by atoms with van der Waals surface area (Å²) in [4.78, 5) is 16.4. The van der Waals surface area contributed by atoms with Gasteiger partial charge in [0.2, 0.25) is 0 Å². The first-order valence-corrected chi connectivity index (χ1v) is 9.14. The molecular formula is C17H21FN4O2S. The predicted octanol–water partition coefficient (Wildman–Crippen LogP) is 2.63. The maximum atomic E-state index is 14.2. The van der Waals surface area contributed by atoms with Crippen LogP contribution in [0.2, 0.25) is 0 Å². The fourth-order valence-electron chi connectivity index (χ4n) is 2.61. The van der Waals surface area contributed by atoms with Crippen LogP contribution in [0.25, 0.3) is 0 Å². The Hall–Kier alpha value is -2.03. The van der Waals surface area contributed by atoms with Crippen LogP contribution in [0.3, 0.4) is 0 Å². The van der Waals surface area contributed by atoms with Gasteiger partial charge in [-0.1, -0.05) is 0 Å². The predicted molar refractivity (Wildman–Crippen MR) is 96.7 cm³/mol. The normalized spacial score (nSPS) is 16.8. The maximum absolute atomic E-state index is 14.2. The largest absolute Gasteiger partial charge is 0.380 e. The number of amides is 1. The van der Waals surface area contributed by atoms with E-state index in [-0.39, 0.29) is 12.0 Å². The number of carbonyl (C=O) groups excluding carboxylic acids is 1. The molecule has 1 aliphatic heterocycles. The fraction of sp³-hybridized carbons (Fsp3) is 0.412. The number of aromatic nitrogens is 1. The number of nitrogens with two attached hydrogens (primary N) is 1. The maximum Gasteiger partial charge on any atom is 0.275 e. The van der Waals surface area contributed by atoms with Gasteiger partial charge in [-0.15, -0.1) is 11.3 Å². The van der Waals surface area contributed by atoms with E-state index >= 15 is 0 Å². The zero-order chi connectivity index (χ0) is 17.6. The first kappa shape index (κ1) is 17.8. The molecule has 1 amide bonds. The number of nitrogens with zero attached hydrogens (tertiary/aromatic N) is 1. The quantitative estimate of drug-likeness (QED) is 0.703. The number of nitrogens with one attached hydrogen (secondary N) is 2. The summed E-state index contributed by atoms with van der Waals surface area (Å²) >= 11 is 1.39. The zero-order valence-electron chi connectivity index (χ0n) is 13.8. The standard InChI is InChI=1S/C17H21FN4O2S/c18-13-8-11(3-4-14(13)20-9-12-2-1-7-24-12)21-17(23)15-10-25-16(22-15)5-6-19/h3-4,8,10,12,20H,1-2,5-7,9,19H2,(H,21,23). The van der Waals surface area contributed by atoms with Crippen LogP contribution in [0.5, 0.6) is 0 Å². The van der Waals surface area contributed by atoms with Crippen molar-refractivity contribution in [2.75, 3.05) is 30.3 Å². The number of halogens is 1. The summed E-state index contributed by atoms with van der Waals surface area (Å²) in [6.07, 6.45) is 2.80. The third-order valence-electron chi connectivity index (χ3n) is 3.91. The zero-order valence-corrected chi connectivity index (χ0v) is 14.6. The second-order valence-corrected chi connectivity index (χ2v) is 6.77. The average Bonchev–Trinajstić information content (AvgIpc) is 3.26. The van der Waals surface area contributed by atoms with Gasteiger partial charge in [-0.2, -0.15) is 0 Å². The van der Waals surface area contributed by atoms with E-state index in [9.17, 15) is 9.18 Å². The number of rotatable bonds is 7. The molecule has 8 heteroatoms. The molecule has 6 nitrogen and oxygen atoms in total. The number of benzene rings is 1. The Balaban J connectivity index is 1.58. The molecule has 2 heterocycles. The Morgan fingerprint density at radius 3 is 3.08 bits per heavy atom. The van der Waals surface area contributed by atoms with Gasteiger partial charge in [-0.05, 0) is 37.6 Å². The van der Waals surface area contributed by atoms with Crippen molar-refractivity contribution < 1.29 is 13.9 Å². The lowest BCUT2D eigenvalue weighted by Gasteiger charge is -2.13. The van der Waals surface area contributed by atoms with E-state index in [2.05, 4.69) is 15.6 Å². The van der Waals surface area contributed by atoms with Gasteiger partial charge in [-0.3, -0.25) is 4.79 Å². The summed E-state index contributed by atoms with van der Waals surface area (Å²) in [6, 6.07) is 4.57. The fourth-order valence-corrected chi connectivity index (χ4v) is 3.41. The van der Waals surface area contributed by atoms with E-state index in [4.69, 9.17) is 10.5 Å². The minimum Gasteiger partial charge on any atom is -0.380 e. The highest BCUT2D eigenvalue weighted by Crippen LogP contribution is 2.21. The Bertz CT molecular complexity index is 731. The molecule has 0 radical (unpaired) electrons. The smallest absolute Gasteiger partial charge is 0.275 e. The minimum atomic E-state index is -0.419. The van der Waals surface area contributed by atoms with Crippen molar-refractivity contribution >= 4 is 28.6 Å². The van der Waals surface area contributed by atoms with Crippen LogP contribution in [0.4, 0.5) is 15.8 Å². The number of ether oxygens (including phenoxy) is 1. The van der Waals surface area contributed by atoms with Gasteiger partial charge in [-0.25, -0.2) is 9.37 Å². The molecule has 1 aromatic carbocycles. The molecule has 25 heavy (non-hydrogen) atoms. The lowest BCUT2D eigenvalue weighted by molar-refractivity contribution is 0.102. The first-order valence-electron chi connectivity index (χ1n) is 8.26. The average molecular weight is 364 g/mol. The van der Waals surface area contributed by atoms with E-state index in [0.29, 0.717) is 36.6 Å². The summed E-state index contributed by atoms with van der Waals surface area (Å²) in [6.45, 7) is 1.83. The van der Waals surface area contributed by atoms with Crippen LogP contribution in [-0.2, 0) is 11.2 Å². The van der Waals surface area contributed by atoms with Crippen molar-refractivity contribution in [3.8, 4) is 0 Å². The number of thiazole rings is 1. The summed E-state index contributed by atoms with van der Waals surface area (Å²) in [5.41, 5.74) is 6.57. The van der Waals surface area contributed by atoms with Crippen molar-refractivity contribution in [1.29, 1.82) is 0 Å². The van der Waals surface area contributed by atoms with Gasteiger partial charge in [0.25, 0.3) is 5.91 Å². The molecule has 0 aliphatic carbocycles. The Morgan fingerprint density at radius 2 is 2.36 bits per heavy atom. The van der Waals surface area contributed by atoms with Crippen LogP contribution in [0.1, 0.15) is 28.3 Å². The molecule has 1 aromatic heterocycles. The molecule has 1 atom stereocenters. The second-order valence-electron chi connectivity index (χ2n) is 5.83. The van der Waals surface area contributed by atoms with Crippen molar-refractivity contribution in [2.45, 2.75) is 25.4 Å². The highest BCUT2D eigenvalue weighted by Gasteiger charge is 2.16. The molecule has 4 N–H and O–H groups in total. The van der Waals surface area contributed by atoms with Crippen molar-refractivity contribution in [3.63, 3.8) is 0 Å². The lowest BCUT2D eigenvalue weighted by Crippen LogP contribution is -2.19. The molecule has 1 aliphatic rings. The first-order chi connectivity index (χ1) is 12.2. The summed E-state index contributed by atoms with van der Waals surface area (Å²) in [7, 11) is 0. The third kappa shape index (κ3) is 4.75. The summed E-state index contributed by atoms with van der Waals surface area (Å²) in [5.74, 6) is -0.781. The van der Waals surface area contributed by atoms with Gasteiger partial charge in [0, 0.05) is 30.6 Å². The topological polar surface area (TPSA) is 89.3 Å². The van der Waals surface area contributed by atoms with Gasteiger partial charge < -0.3 is 21.1 Å². The molecule has 0 bridgehead atoms. The van der Waals surface area contributed by atoms with Gasteiger partial charge in [0.15, 0.2) is 0 Å². The highest BCUT2D eigenvalue weighted by atomic mass is 32.1. The number of hydrogen-bond acceptors (Lipinski definition) is 6. The number of hydrogen-bond donors (Lipinski definition) is 3. The molecule has 1 saturated heterocycles. The molecule has 134 valence electrons. The van der Waals surface area contributed by atoms with E-state index in [0.717, 1.165) is 24.5 Å². The SMILES string of the molecule is NCCc1nc(C(=O)Nc2ccc(NCC3CCCO3)c(F)c2)cs1. The van der Waals surface area contributed by atoms with E-state index < -0.39 is 5.82 Å². The van der Waals surface area contributed by atoms with E-state index in [1.54, 1.807) is 17.5 Å². The van der Waals surface area contributed by atoms with Gasteiger partial charge in [0.05, 0.1) is 16.8 Å². The highest BCUT2D eigenvalue weighted by molar-refractivity contribution is 7.09.